The number of hydrogen-bond acceptors (Lipinski definition) is 3. The molecule has 4 heteroatoms. The van der Waals surface area contributed by atoms with Crippen LogP contribution in [0.15, 0.2) is 0 Å². The molecule has 0 radical (unpaired) electrons. The Bertz CT molecular complexity index is 178. The molecule has 1 aliphatic heterocycles. The summed E-state index contributed by atoms with van der Waals surface area (Å²) in [6.45, 7) is 3.08. The number of ether oxygens (including phenoxy) is 1. The van der Waals surface area contributed by atoms with Gasteiger partial charge in [-0.1, -0.05) is 0 Å². The van der Waals surface area contributed by atoms with Crippen molar-refractivity contribution in [1.29, 1.82) is 0 Å². The van der Waals surface area contributed by atoms with Crippen molar-refractivity contribution in [2.75, 3.05) is 0 Å². The smallest absolute Gasteiger partial charge is 0.303 e. The molecule has 2 atom stereocenters. The van der Waals surface area contributed by atoms with Gasteiger partial charge in [0.25, 0.3) is 5.91 Å². The first-order chi connectivity index (χ1) is 4.61. The second-order valence-corrected chi connectivity index (χ2v) is 2.33. The summed E-state index contributed by atoms with van der Waals surface area (Å²) in [6.07, 6.45) is -0.558. The molecule has 1 N–H and O–H groups in total. The fourth-order valence-corrected chi connectivity index (χ4v) is 0.847. The van der Waals surface area contributed by atoms with Gasteiger partial charge in [-0.25, -0.2) is 0 Å². The van der Waals surface area contributed by atoms with Crippen molar-refractivity contribution in [2.45, 2.75) is 26.0 Å². The summed E-state index contributed by atoms with van der Waals surface area (Å²) in [7, 11) is 0. The molecule has 1 amide bonds. The highest BCUT2D eigenvalue weighted by atomic mass is 16.6. The molecule has 0 spiro atoms. The van der Waals surface area contributed by atoms with Crippen molar-refractivity contribution in [3.05, 3.63) is 0 Å². The van der Waals surface area contributed by atoms with Gasteiger partial charge in [0.1, 0.15) is 0 Å². The minimum absolute atomic E-state index is 0.0311. The summed E-state index contributed by atoms with van der Waals surface area (Å²) in [5.41, 5.74) is 0. The molecule has 0 unspecified atom stereocenters. The number of hydrogen-bond donors (Lipinski definition) is 1. The molecule has 0 aromatic rings. The lowest BCUT2D eigenvalue weighted by molar-refractivity contribution is -0.163. The molecule has 0 saturated carbocycles. The Morgan fingerprint density at radius 1 is 1.70 bits per heavy atom. The molecule has 56 valence electrons. The highest BCUT2D eigenvalue weighted by Crippen LogP contribution is 2.09. The fraction of sp³-hybridized carbons (Fsp3) is 0.667. The van der Waals surface area contributed by atoms with Crippen molar-refractivity contribution >= 4 is 11.9 Å². The zero-order valence-corrected chi connectivity index (χ0v) is 5.88. The lowest BCUT2D eigenvalue weighted by atomic mass is 10.1. The minimum atomic E-state index is -0.558. The van der Waals surface area contributed by atoms with Gasteiger partial charge in [0, 0.05) is 6.92 Å². The van der Waals surface area contributed by atoms with Crippen molar-refractivity contribution < 1.29 is 14.3 Å². The Morgan fingerprint density at radius 3 is 2.50 bits per heavy atom. The summed E-state index contributed by atoms with van der Waals surface area (Å²) >= 11 is 0. The topological polar surface area (TPSA) is 55.4 Å². The Hall–Kier alpha value is -1.06. The molecular formula is C6H9NO3. The van der Waals surface area contributed by atoms with E-state index in [0.29, 0.717) is 0 Å². The van der Waals surface area contributed by atoms with Crippen LogP contribution in [-0.4, -0.2) is 24.0 Å². The molecule has 1 rings (SSSR count). The first-order valence-electron chi connectivity index (χ1n) is 3.09. The van der Waals surface area contributed by atoms with Crippen molar-refractivity contribution in [2.24, 2.45) is 0 Å². The van der Waals surface area contributed by atoms with Gasteiger partial charge >= 0.3 is 5.97 Å². The number of β-lactam (4-membered cyclic amide) rings is 1. The van der Waals surface area contributed by atoms with E-state index < -0.39 is 12.1 Å². The fourth-order valence-electron chi connectivity index (χ4n) is 0.847. The predicted molar refractivity (Wildman–Crippen MR) is 33.2 cm³/mol. The molecule has 0 aromatic heterocycles. The molecule has 1 heterocycles. The van der Waals surface area contributed by atoms with E-state index in [0.717, 1.165) is 0 Å². The van der Waals surface area contributed by atoms with E-state index in [-0.39, 0.29) is 11.9 Å². The number of rotatable bonds is 1. The van der Waals surface area contributed by atoms with Crippen LogP contribution in [0.1, 0.15) is 13.8 Å². The Labute approximate surface area is 58.5 Å². The van der Waals surface area contributed by atoms with Crippen LogP contribution in [0.4, 0.5) is 0 Å². The molecule has 0 aliphatic carbocycles. The van der Waals surface area contributed by atoms with Crippen LogP contribution < -0.4 is 5.32 Å². The second kappa shape index (κ2) is 2.28. The van der Waals surface area contributed by atoms with Gasteiger partial charge in [-0.05, 0) is 6.92 Å². The number of amides is 1. The predicted octanol–water partition coefficient (Wildman–Crippen LogP) is -0.564. The summed E-state index contributed by atoms with van der Waals surface area (Å²) in [4.78, 5) is 20.9. The lowest BCUT2D eigenvalue weighted by Crippen LogP contribution is -2.62. The Morgan fingerprint density at radius 2 is 2.30 bits per heavy atom. The standard InChI is InChI=1S/C6H9NO3/c1-3-5(6(9)7-3)10-4(2)8/h3,5H,1-2H3,(H,7,9)/t3-,5+/m0/s1. The summed E-state index contributed by atoms with van der Waals surface area (Å²) in [5.74, 6) is -0.616. The zero-order chi connectivity index (χ0) is 7.72. The van der Waals surface area contributed by atoms with Crippen molar-refractivity contribution in [3.63, 3.8) is 0 Å². The number of carbonyl (C=O) groups is 2. The first-order valence-corrected chi connectivity index (χ1v) is 3.09. The monoisotopic (exact) mass is 143 g/mol. The molecular weight excluding hydrogens is 134 g/mol. The lowest BCUT2D eigenvalue weighted by Gasteiger charge is -2.32. The number of carbonyl (C=O) groups excluding carboxylic acids is 2. The number of nitrogens with one attached hydrogen (secondary N) is 1. The van der Waals surface area contributed by atoms with Crippen LogP contribution in [0.3, 0.4) is 0 Å². The summed E-state index contributed by atoms with van der Waals surface area (Å²) in [5, 5.41) is 2.54. The van der Waals surface area contributed by atoms with Gasteiger partial charge in [-0.15, -0.1) is 0 Å². The largest absolute Gasteiger partial charge is 0.450 e. The third-order valence-electron chi connectivity index (χ3n) is 1.38. The Balaban J connectivity index is 2.40. The van der Waals surface area contributed by atoms with Gasteiger partial charge in [-0.3, -0.25) is 9.59 Å². The van der Waals surface area contributed by atoms with Gasteiger partial charge in [-0.2, -0.15) is 0 Å². The van der Waals surface area contributed by atoms with Crippen LogP contribution >= 0.6 is 0 Å². The van der Waals surface area contributed by atoms with Crippen LogP contribution in [0, 0.1) is 0 Å². The van der Waals surface area contributed by atoms with E-state index >= 15 is 0 Å². The summed E-state index contributed by atoms with van der Waals surface area (Å²) in [6, 6.07) is -0.0311. The molecule has 10 heavy (non-hydrogen) atoms. The van der Waals surface area contributed by atoms with E-state index in [9.17, 15) is 9.59 Å². The van der Waals surface area contributed by atoms with Gasteiger partial charge in [0.05, 0.1) is 6.04 Å². The molecule has 1 fully saturated rings. The van der Waals surface area contributed by atoms with Gasteiger partial charge in [0.15, 0.2) is 6.10 Å². The minimum Gasteiger partial charge on any atom is -0.450 e. The quantitative estimate of drug-likeness (QED) is 0.395. The van der Waals surface area contributed by atoms with E-state index in [1.165, 1.54) is 6.92 Å². The van der Waals surface area contributed by atoms with Crippen LogP contribution in [0.5, 0.6) is 0 Å². The molecule has 0 aromatic carbocycles. The highest BCUT2D eigenvalue weighted by molar-refractivity contribution is 5.89. The summed E-state index contributed by atoms with van der Waals surface area (Å²) < 4.78 is 4.66. The normalized spacial score (nSPS) is 30.4. The number of esters is 1. The highest BCUT2D eigenvalue weighted by Gasteiger charge is 2.38. The molecule has 1 saturated heterocycles. The zero-order valence-electron chi connectivity index (χ0n) is 5.88. The Kier molecular flexibility index (Phi) is 1.61. The van der Waals surface area contributed by atoms with E-state index in [4.69, 9.17) is 0 Å². The average Bonchev–Trinajstić information content (AvgIpc) is 1.84. The molecule has 4 nitrogen and oxygen atoms in total. The van der Waals surface area contributed by atoms with E-state index in [1.807, 2.05) is 0 Å². The maximum atomic E-state index is 10.6. The molecule has 0 bridgehead atoms. The van der Waals surface area contributed by atoms with Gasteiger partial charge < -0.3 is 10.1 Å². The molecule has 1 aliphatic rings. The SMILES string of the molecule is CC(=O)O[C@H]1C(=O)N[C@H]1C. The maximum absolute atomic E-state index is 10.6. The first kappa shape index (κ1) is 7.05. The van der Waals surface area contributed by atoms with E-state index in [2.05, 4.69) is 10.1 Å². The van der Waals surface area contributed by atoms with Crippen LogP contribution in [-0.2, 0) is 14.3 Å². The third kappa shape index (κ3) is 1.10. The maximum Gasteiger partial charge on any atom is 0.303 e. The van der Waals surface area contributed by atoms with Crippen LogP contribution in [0.25, 0.3) is 0 Å². The van der Waals surface area contributed by atoms with E-state index in [1.54, 1.807) is 6.92 Å². The van der Waals surface area contributed by atoms with Crippen molar-refractivity contribution in [1.82, 2.24) is 5.32 Å². The third-order valence-corrected chi connectivity index (χ3v) is 1.38. The van der Waals surface area contributed by atoms with Crippen LogP contribution in [0.2, 0.25) is 0 Å². The second-order valence-electron chi connectivity index (χ2n) is 2.33. The van der Waals surface area contributed by atoms with Gasteiger partial charge in [0.2, 0.25) is 0 Å². The average molecular weight is 143 g/mol. The van der Waals surface area contributed by atoms with Crippen molar-refractivity contribution in [3.8, 4) is 0 Å².